The summed E-state index contributed by atoms with van der Waals surface area (Å²) in [6.07, 6.45) is 1.63. The average molecular weight is 193 g/mol. The Bertz CT molecular complexity index is 538. The number of aryl methyl sites for hydroxylation is 2. The molecule has 0 unspecified atom stereocenters. The SMILES string of the molecule is CNc1nn(C)c2cnn(C)c(=O)c12. The van der Waals surface area contributed by atoms with Gasteiger partial charge >= 0.3 is 0 Å². The second-order valence-electron chi connectivity index (χ2n) is 3.06. The van der Waals surface area contributed by atoms with Crippen molar-refractivity contribution in [3.63, 3.8) is 0 Å². The van der Waals surface area contributed by atoms with Crippen LogP contribution in [0.25, 0.3) is 10.9 Å². The number of fused-ring (bicyclic) bond motifs is 1. The zero-order valence-corrected chi connectivity index (χ0v) is 8.27. The van der Waals surface area contributed by atoms with Crippen LogP contribution in [-0.4, -0.2) is 26.6 Å². The molecule has 0 aliphatic rings. The van der Waals surface area contributed by atoms with Crippen LogP contribution in [0.2, 0.25) is 0 Å². The lowest BCUT2D eigenvalue weighted by molar-refractivity contribution is 0.713. The van der Waals surface area contributed by atoms with E-state index in [1.54, 1.807) is 32.0 Å². The molecule has 2 aromatic heterocycles. The van der Waals surface area contributed by atoms with E-state index in [-0.39, 0.29) is 5.56 Å². The van der Waals surface area contributed by atoms with Crippen molar-refractivity contribution in [1.82, 2.24) is 19.6 Å². The highest BCUT2D eigenvalue weighted by molar-refractivity contribution is 5.88. The monoisotopic (exact) mass is 193 g/mol. The Labute approximate surface area is 80.1 Å². The summed E-state index contributed by atoms with van der Waals surface area (Å²) in [7, 11) is 5.14. The van der Waals surface area contributed by atoms with E-state index in [9.17, 15) is 4.79 Å². The number of anilines is 1. The zero-order chi connectivity index (χ0) is 10.3. The molecule has 0 saturated carbocycles. The summed E-state index contributed by atoms with van der Waals surface area (Å²) in [6.45, 7) is 0. The highest BCUT2D eigenvalue weighted by Crippen LogP contribution is 2.15. The van der Waals surface area contributed by atoms with Gasteiger partial charge in [0, 0.05) is 21.1 Å². The van der Waals surface area contributed by atoms with E-state index in [4.69, 9.17) is 0 Å². The third-order valence-corrected chi connectivity index (χ3v) is 2.19. The molecule has 0 spiro atoms. The first-order valence-electron chi connectivity index (χ1n) is 4.22. The predicted molar refractivity (Wildman–Crippen MR) is 53.3 cm³/mol. The average Bonchev–Trinajstić information content (AvgIpc) is 2.50. The van der Waals surface area contributed by atoms with Gasteiger partial charge in [-0.2, -0.15) is 10.2 Å². The molecule has 0 radical (unpaired) electrons. The van der Waals surface area contributed by atoms with Gasteiger partial charge < -0.3 is 5.32 Å². The van der Waals surface area contributed by atoms with Crippen LogP contribution in [-0.2, 0) is 14.1 Å². The molecule has 0 aromatic carbocycles. The molecular weight excluding hydrogens is 182 g/mol. The van der Waals surface area contributed by atoms with Crippen molar-refractivity contribution >= 4 is 16.7 Å². The maximum Gasteiger partial charge on any atom is 0.279 e. The molecule has 0 aliphatic carbocycles. The van der Waals surface area contributed by atoms with E-state index in [0.717, 1.165) is 5.52 Å². The predicted octanol–water partition coefficient (Wildman–Crippen LogP) is -0.291. The van der Waals surface area contributed by atoms with E-state index in [0.29, 0.717) is 11.2 Å². The minimum atomic E-state index is -0.139. The summed E-state index contributed by atoms with van der Waals surface area (Å²) < 4.78 is 2.93. The normalized spacial score (nSPS) is 10.8. The first-order chi connectivity index (χ1) is 6.65. The molecule has 2 rings (SSSR count). The van der Waals surface area contributed by atoms with Crippen LogP contribution in [0.3, 0.4) is 0 Å². The third kappa shape index (κ3) is 1.00. The molecule has 0 amide bonds. The van der Waals surface area contributed by atoms with E-state index < -0.39 is 0 Å². The summed E-state index contributed by atoms with van der Waals surface area (Å²) in [5.74, 6) is 0.588. The molecule has 0 bridgehead atoms. The van der Waals surface area contributed by atoms with E-state index >= 15 is 0 Å². The van der Waals surface area contributed by atoms with Gasteiger partial charge in [-0.05, 0) is 0 Å². The number of aromatic nitrogens is 4. The number of rotatable bonds is 1. The van der Waals surface area contributed by atoms with Gasteiger partial charge in [0.05, 0.1) is 11.7 Å². The molecule has 14 heavy (non-hydrogen) atoms. The number of hydrogen-bond donors (Lipinski definition) is 1. The van der Waals surface area contributed by atoms with Crippen molar-refractivity contribution in [2.24, 2.45) is 14.1 Å². The van der Waals surface area contributed by atoms with Gasteiger partial charge in [-0.3, -0.25) is 9.48 Å². The van der Waals surface area contributed by atoms with E-state index in [1.165, 1.54) is 4.68 Å². The van der Waals surface area contributed by atoms with Gasteiger partial charge in [0.25, 0.3) is 5.56 Å². The highest BCUT2D eigenvalue weighted by atomic mass is 16.1. The summed E-state index contributed by atoms with van der Waals surface area (Å²) in [4.78, 5) is 11.7. The van der Waals surface area contributed by atoms with Crippen LogP contribution in [0, 0.1) is 0 Å². The lowest BCUT2D eigenvalue weighted by atomic mass is 10.3. The maximum absolute atomic E-state index is 11.7. The lowest BCUT2D eigenvalue weighted by Gasteiger charge is -1.96. The number of nitrogens with zero attached hydrogens (tertiary/aromatic N) is 4. The quantitative estimate of drug-likeness (QED) is 0.675. The maximum atomic E-state index is 11.7. The Morgan fingerprint density at radius 3 is 2.71 bits per heavy atom. The minimum absolute atomic E-state index is 0.139. The smallest absolute Gasteiger partial charge is 0.279 e. The van der Waals surface area contributed by atoms with Crippen LogP contribution in [0.4, 0.5) is 5.82 Å². The minimum Gasteiger partial charge on any atom is -0.371 e. The fourth-order valence-electron chi connectivity index (χ4n) is 1.43. The Balaban J connectivity index is 2.99. The molecule has 0 aliphatic heterocycles. The molecule has 74 valence electrons. The first kappa shape index (κ1) is 8.74. The Kier molecular flexibility index (Phi) is 1.77. The molecule has 1 N–H and O–H groups in total. The molecule has 0 fully saturated rings. The second-order valence-corrected chi connectivity index (χ2v) is 3.06. The molecule has 2 heterocycles. The molecule has 6 heteroatoms. The van der Waals surface area contributed by atoms with Crippen LogP contribution in [0.15, 0.2) is 11.0 Å². The Morgan fingerprint density at radius 1 is 1.36 bits per heavy atom. The van der Waals surface area contributed by atoms with Gasteiger partial charge in [-0.25, -0.2) is 4.68 Å². The van der Waals surface area contributed by atoms with Gasteiger partial charge in [0.2, 0.25) is 0 Å². The first-order valence-corrected chi connectivity index (χ1v) is 4.22. The van der Waals surface area contributed by atoms with Gasteiger partial charge in [-0.15, -0.1) is 0 Å². The van der Waals surface area contributed by atoms with E-state index in [2.05, 4.69) is 15.5 Å². The zero-order valence-electron chi connectivity index (χ0n) is 8.27. The van der Waals surface area contributed by atoms with Crippen molar-refractivity contribution in [2.75, 3.05) is 12.4 Å². The van der Waals surface area contributed by atoms with Crippen molar-refractivity contribution < 1.29 is 0 Å². The van der Waals surface area contributed by atoms with Crippen molar-refractivity contribution in [3.8, 4) is 0 Å². The Hall–Kier alpha value is -1.85. The number of hydrogen-bond acceptors (Lipinski definition) is 4. The molecule has 0 saturated heterocycles. The van der Waals surface area contributed by atoms with Crippen LogP contribution >= 0.6 is 0 Å². The largest absolute Gasteiger partial charge is 0.371 e. The second kappa shape index (κ2) is 2.83. The van der Waals surface area contributed by atoms with Crippen molar-refractivity contribution in [3.05, 3.63) is 16.6 Å². The van der Waals surface area contributed by atoms with Gasteiger partial charge in [-0.1, -0.05) is 0 Å². The Morgan fingerprint density at radius 2 is 2.07 bits per heavy atom. The molecular formula is C8H11N5O. The number of nitrogens with one attached hydrogen (secondary N) is 1. The van der Waals surface area contributed by atoms with Crippen LogP contribution in [0.1, 0.15) is 0 Å². The molecule has 0 atom stereocenters. The summed E-state index contributed by atoms with van der Waals surface area (Å²) in [5.41, 5.74) is 0.595. The van der Waals surface area contributed by atoms with E-state index in [1.807, 2.05) is 0 Å². The standard InChI is InChI=1S/C8H11N5O/c1-9-7-6-5(12(2)11-7)4-10-13(3)8(6)14/h4H,1-3H3,(H,9,11). The van der Waals surface area contributed by atoms with Gasteiger partial charge in [0.15, 0.2) is 5.82 Å². The lowest BCUT2D eigenvalue weighted by Crippen LogP contribution is -2.19. The summed E-state index contributed by atoms with van der Waals surface area (Å²) in [6, 6.07) is 0. The van der Waals surface area contributed by atoms with Crippen molar-refractivity contribution in [2.45, 2.75) is 0 Å². The molecule has 2 aromatic rings. The summed E-state index contributed by atoms with van der Waals surface area (Å²) in [5, 5.41) is 11.6. The molecule has 6 nitrogen and oxygen atoms in total. The van der Waals surface area contributed by atoms with Crippen molar-refractivity contribution in [1.29, 1.82) is 0 Å². The topological polar surface area (TPSA) is 64.7 Å². The summed E-state index contributed by atoms with van der Waals surface area (Å²) >= 11 is 0. The van der Waals surface area contributed by atoms with Crippen LogP contribution < -0.4 is 10.9 Å². The van der Waals surface area contributed by atoms with Crippen LogP contribution in [0.5, 0.6) is 0 Å². The fraction of sp³-hybridized carbons (Fsp3) is 0.375. The highest BCUT2D eigenvalue weighted by Gasteiger charge is 2.11. The van der Waals surface area contributed by atoms with Gasteiger partial charge in [0.1, 0.15) is 5.39 Å². The fourth-order valence-corrected chi connectivity index (χ4v) is 1.43. The third-order valence-electron chi connectivity index (χ3n) is 2.19.